The molecule has 1 aliphatic heterocycles. The second-order valence-corrected chi connectivity index (χ2v) is 12.8. The van der Waals surface area contributed by atoms with E-state index in [-0.39, 0.29) is 5.82 Å². The Morgan fingerprint density at radius 3 is 2.44 bits per heavy atom. The number of nitrogens with two attached hydrogens (primary N) is 1. The molecule has 0 radical (unpaired) electrons. The van der Waals surface area contributed by atoms with Gasteiger partial charge in [-0.25, -0.2) is 9.37 Å². The number of nitrogens with zero attached hydrogens (tertiary/aromatic N) is 3. The van der Waals surface area contributed by atoms with Gasteiger partial charge in [-0.05, 0) is 63.7 Å². The van der Waals surface area contributed by atoms with E-state index < -0.39 is 19.1 Å². The average Bonchev–Trinajstić information content (AvgIpc) is 2.84. The minimum Gasteiger partial charge on any atom is -0.496 e. The van der Waals surface area contributed by atoms with Crippen molar-refractivity contribution in [3.8, 4) is 22.6 Å². The molecule has 1 atom stereocenters. The van der Waals surface area contributed by atoms with Gasteiger partial charge in [-0.3, -0.25) is 0 Å². The van der Waals surface area contributed by atoms with E-state index in [1.807, 2.05) is 18.2 Å². The van der Waals surface area contributed by atoms with E-state index in [0.717, 1.165) is 48.7 Å². The summed E-state index contributed by atoms with van der Waals surface area (Å²) in [5.74, 6) is 0.889. The maximum atomic E-state index is 14.1. The summed E-state index contributed by atoms with van der Waals surface area (Å²) in [4.78, 5) is 9.00. The molecule has 1 aromatic heterocycles. The van der Waals surface area contributed by atoms with Gasteiger partial charge in [-0.2, -0.15) is 0 Å². The quantitative estimate of drug-likeness (QED) is 0.463. The van der Waals surface area contributed by atoms with E-state index in [2.05, 4.69) is 27.9 Å². The van der Waals surface area contributed by atoms with E-state index in [4.69, 9.17) is 15.2 Å². The molecule has 192 valence electrons. The van der Waals surface area contributed by atoms with Crippen molar-refractivity contribution in [1.29, 1.82) is 0 Å². The van der Waals surface area contributed by atoms with Gasteiger partial charge in [0.25, 0.3) is 0 Å². The van der Waals surface area contributed by atoms with Crippen LogP contribution in [0, 0.1) is 5.82 Å². The van der Waals surface area contributed by atoms with Crippen molar-refractivity contribution in [2.45, 2.75) is 13.0 Å². The predicted molar refractivity (Wildman–Crippen MR) is 145 cm³/mol. The standard InChI is InChI=1S/C27H34FN4O3P/c1-18(23-15-20(28)6-9-26(23)36(4,5)33)35-25-14-19(17-30-27(25)29)22-8-7-21(16-24(22)34-3)32-12-10-31(2)11-13-32/h6-9,14-18H,10-13H2,1-5H3,(H2,29,30). The number of halogens is 1. The number of pyridine rings is 1. The van der Waals surface area contributed by atoms with Crippen molar-refractivity contribution in [3.05, 3.63) is 60.0 Å². The summed E-state index contributed by atoms with van der Waals surface area (Å²) in [6.45, 7) is 9.06. The summed E-state index contributed by atoms with van der Waals surface area (Å²) in [5, 5.41) is 0.584. The summed E-state index contributed by atoms with van der Waals surface area (Å²) in [6.07, 6.45) is 1.09. The topological polar surface area (TPSA) is 80.9 Å². The molecule has 36 heavy (non-hydrogen) atoms. The van der Waals surface area contributed by atoms with Crippen molar-refractivity contribution in [2.75, 3.05) is 64.3 Å². The summed E-state index contributed by atoms with van der Waals surface area (Å²) < 4.78 is 38.8. The fourth-order valence-electron chi connectivity index (χ4n) is 4.47. The van der Waals surface area contributed by atoms with Crippen LogP contribution in [0.25, 0.3) is 11.1 Å². The predicted octanol–water partition coefficient (Wildman–Crippen LogP) is 4.62. The molecular weight excluding hydrogens is 478 g/mol. The SMILES string of the molecule is COc1cc(N2CCN(C)CC2)ccc1-c1cnc(N)c(OC(C)c2cc(F)ccc2P(C)(C)=O)c1. The largest absolute Gasteiger partial charge is 0.496 e. The van der Waals surface area contributed by atoms with Gasteiger partial charge in [0.05, 0.1) is 7.11 Å². The number of ether oxygens (including phenoxy) is 2. The van der Waals surface area contributed by atoms with Crippen LogP contribution in [0.3, 0.4) is 0 Å². The first-order valence-corrected chi connectivity index (χ1v) is 14.6. The van der Waals surface area contributed by atoms with Crippen LogP contribution in [0.1, 0.15) is 18.6 Å². The Hall–Kier alpha value is -3.09. The molecule has 0 saturated carbocycles. The van der Waals surface area contributed by atoms with Crippen LogP contribution in [-0.4, -0.2) is 63.6 Å². The molecule has 4 rings (SSSR count). The number of rotatable bonds is 7. The van der Waals surface area contributed by atoms with E-state index in [0.29, 0.717) is 16.6 Å². The maximum Gasteiger partial charge on any atom is 0.166 e. The van der Waals surface area contributed by atoms with Crippen LogP contribution in [0.4, 0.5) is 15.9 Å². The summed E-state index contributed by atoms with van der Waals surface area (Å²) in [7, 11) is 1.13. The number of benzene rings is 2. The fourth-order valence-corrected chi connectivity index (χ4v) is 5.77. The molecule has 1 fully saturated rings. The third-order valence-corrected chi connectivity index (χ3v) is 8.13. The number of anilines is 2. The molecule has 3 aromatic rings. The molecule has 9 heteroatoms. The number of aromatic nitrogens is 1. The van der Waals surface area contributed by atoms with Gasteiger partial charge in [0.15, 0.2) is 11.6 Å². The number of piperazine rings is 1. The van der Waals surface area contributed by atoms with Gasteiger partial charge >= 0.3 is 0 Å². The molecule has 1 aliphatic rings. The first-order chi connectivity index (χ1) is 17.1. The fraction of sp³-hybridized carbons (Fsp3) is 0.370. The maximum absolute atomic E-state index is 14.1. The molecular formula is C27H34FN4O3P. The zero-order chi connectivity index (χ0) is 26.0. The van der Waals surface area contributed by atoms with Gasteiger partial charge in [0.1, 0.15) is 24.8 Å². The minimum absolute atomic E-state index is 0.216. The zero-order valence-electron chi connectivity index (χ0n) is 21.5. The highest BCUT2D eigenvalue weighted by atomic mass is 31.2. The number of nitrogen functional groups attached to an aromatic ring is 1. The molecule has 0 bridgehead atoms. The van der Waals surface area contributed by atoms with E-state index in [1.54, 1.807) is 39.6 Å². The molecule has 2 heterocycles. The Morgan fingerprint density at radius 2 is 1.78 bits per heavy atom. The lowest BCUT2D eigenvalue weighted by atomic mass is 10.0. The average molecular weight is 513 g/mol. The third-order valence-electron chi connectivity index (χ3n) is 6.56. The molecule has 2 aromatic carbocycles. The zero-order valence-corrected chi connectivity index (χ0v) is 22.4. The first-order valence-electron chi connectivity index (χ1n) is 12.0. The summed E-state index contributed by atoms with van der Waals surface area (Å²) in [5.41, 5.74) is 9.43. The highest BCUT2D eigenvalue weighted by molar-refractivity contribution is 7.70. The summed E-state index contributed by atoms with van der Waals surface area (Å²) >= 11 is 0. The minimum atomic E-state index is -2.65. The molecule has 1 saturated heterocycles. The Balaban J connectivity index is 1.63. The van der Waals surface area contributed by atoms with Crippen LogP contribution in [0.2, 0.25) is 0 Å². The Kier molecular flexibility index (Phi) is 7.57. The summed E-state index contributed by atoms with van der Waals surface area (Å²) in [6, 6.07) is 12.2. The van der Waals surface area contributed by atoms with Crippen molar-refractivity contribution >= 4 is 24.0 Å². The van der Waals surface area contributed by atoms with Crippen LogP contribution in [-0.2, 0) is 4.57 Å². The Morgan fingerprint density at radius 1 is 1.06 bits per heavy atom. The molecule has 1 unspecified atom stereocenters. The number of hydrogen-bond acceptors (Lipinski definition) is 7. The van der Waals surface area contributed by atoms with E-state index >= 15 is 0 Å². The van der Waals surface area contributed by atoms with Crippen molar-refractivity contribution in [1.82, 2.24) is 9.88 Å². The smallest absolute Gasteiger partial charge is 0.166 e. The van der Waals surface area contributed by atoms with Gasteiger partial charge < -0.3 is 29.6 Å². The lowest BCUT2D eigenvalue weighted by Gasteiger charge is -2.34. The van der Waals surface area contributed by atoms with Crippen LogP contribution >= 0.6 is 7.14 Å². The lowest BCUT2D eigenvalue weighted by Crippen LogP contribution is -2.44. The highest BCUT2D eigenvalue weighted by Gasteiger charge is 2.23. The van der Waals surface area contributed by atoms with E-state index in [9.17, 15) is 8.96 Å². The molecule has 0 aliphatic carbocycles. The number of methoxy groups -OCH3 is 1. The second kappa shape index (κ2) is 10.5. The molecule has 0 amide bonds. The van der Waals surface area contributed by atoms with Gasteiger partial charge in [0, 0.05) is 66.1 Å². The molecule has 2 N–H and O–H groups in total. The van der Waals surface area contributed by atoms with Gasteiger partial charge in [-0.15, -0.1) is 0 Å². The highest BCUT2D eigenvalue weighted by Crippen LogP contribution is 2.40. The lowest BCUT2D eigenvalue weighted by molar-refractivity contribution is 0.228. The number of hydrogen-bond donors (Lipinski definition) is 1. The third kappa shape index (κ3) is 5.66. The van der Waals surface area contributed by atoms with Crippen LogP contribution < -0.4 is 25.4 Å². The number of likely N-dealkylation sites (N-methyl/N-ethyl adjacent to an activating group) is 1. The van der Waals surface area contributed by atoms with Gasteiger partial charge in [0.2, 0.25) is 0 Å². The Labute approximate surface area is 212 Å². The van der Waals surface area contributed by atoms with Crippen LogP contribution in [0.5, 0.6) is 11.5 Å². The van der Waals surface area contributed by atoms with Gasteiger partial charge in [-0.1, -0.05) is 0 Å². The first kappa shape index (κ1) is 26.0. The molecule has 0 spiro atoms. The monoisotopic (exact) mass is 512 g/mol. The van der Waals surface area contributed by atoms with Crippen molar-refractivity contribution < 1.29 is 18.4 Å². The van der Waals surface area contributed by atoms with E-state index in [1.165, 1.54) is 12.1 Å². The second-order valence-electron chi connectivity index (χ2n) is 9.60. The Bertz CT molecular complexity index is 1290. The van der Waals surface area contributed by atoms with Crippen molar-refractivity contribution in [2.24, 2.45) is 0 Å². The van der Waals surface area contributed by atoms with Crippen LogP contribution in [0.15, 0.2) is 48.7 Å². The van der Waals surface area contributed by atoms with Crippen molar-refractivity contribution in [3.63, 3.8) is 0 Å². The molecule has 7 nitrogen and oxygen atoms in total. The normalized spacial score (nSPS) is 15.6.